The average molecular weight is 245 g/mol. The van der Waals surface area contributed by atoms with Gasteiger partial charge in [0.1, 0.15) is 5.75 Å². The second-order valence-electron chi connectivity index (χ2n) is 6.40. The van der Waals surface area contributed by atoms with Crippen molar-refractivity contribution < 1.29 is 5.11 Å². The lowest BCUT2D eigenvalue weighted by Crippen LogP contribution is -2.48. The molecular weight excluding hydrogens is 222 g/mol. The van der Waals surface area contributed by atoms with Crippen molar-refractivity contribution >= 4 is 0 Å². The third-order valence-electron chi connectivity index (χ3n) is 5.49. The van der Waals surface area contributed by atoms with E-state index in [-0.39, 0.29) is 5.41 Å². The molecule has 2 heteroatoms. The number of hydrogen-bond donors (Lipinski definition) is 1. The van der Waals surface area contributed by atoms with E-state index in [0.29, 0.717) is 17.7 Å². The van der Waals surface area contributed by atoms with Gasteiger partial charge in [-0.3, -0.25) is 0 Å². The largest absolute Gasteiger partial charge is 0.508 e. The number of phenols is 1. The van der Waals surface area contributed by atoms with Crippen LogP contribution in [-0.4, -0.2) is 29.6 Å². The summed E-state index contributed by atoms with van der Waals surface area (Å²) >= 11 is 0. The smallest absolute Gasteiger partial charge is 0.115 e. The highest BCUT2D eigenvalue weighted by molar-refractivity contribution is 5.43. The fourth-order valence-corrected chi connectivity index (χ4v) is 4.11. The molecule has 1 heterocycles. The zero-order chi connectivity index (χ0) is 12.9. The summed E-state index contributed by atoms with van der Waals surface area (Å²) in [4.78, 5) is 2.53. The number of nitrogens with zero attached hydrogens (tertiary/aromatic N) is 1. The van der Waals surface area contributed by atoms with Gasteiger partial charge in [-0.25, -0.2) is 0 Å². The predicted octanol–water partition coefficient (Wildman–Crippen LogP) is 2.94. The highest BCUT2D eigenvalue weighted by Crippen LogP contribution is 2.48. The molecule has 0 aromatic heterocycles. The van der Waals surface area contributed by atoms with Crippen molar-refractivity contribution in [3.8, 4) is 5.75 Å². The maximum Gasteiger partial charge on any atom is 0.115 e. The molecule has 2 bridgehead atoms. The fraction of sp³-hybridized carbons (Fsp3) is 0.625. The van der Waals surface area contributed by atoms with Crippen molar-refractivity contribution in [2.45, 2.75) is 44.6 Å². The van der Waals surface area contributed by atoms with Gasteiger partial charge in [0.15, 0.2) is 0 Å². The van der Waals surface area contributed by atoms with Gasteiger partial charge < -0.3 is 10.0 Å². The van der Waals surface area contributed by atoms with Crippen molar-refractivity contribution in [2.75, 3.05) is 13.6 Å². The molecule has 0 saturated carbocycles. The molecule has 1 aromatic carbocycles. The number of likely N-dealkylation sites (tertiary alicyclic amines) is 1. The molecule has 18 heavy (non-hydrogen) atoms. The summed E-state index contributed by atoms with van der Waals surface area (Å²) in [6.45, 7) is 5.98. The number of aromatic hydroxyl groups is 1. The van der Waals surface area contributed by atoms with E-state index in [1.165, 1.54) is 30.5 Å². The Hall–Kier alpha value is -1.02. The van der Waals surface area contributed by atoms with Crippen molar-refractivity contribution in [3.05, 3.63) is 29.3 Å². The minimum Gasteiger partial charge on any atom is -0.508 e. The van der Waals surface area contributed by atoms with Crippen molar-refractivity contribution in [2.24, 2.45) is 5.92 Å². The zero-order valence-corrected chi connectivity index (χ0v) is 11.6. The van der Waals surface area contributed by atoms with Crippen molar-refractivity contribution in [3.63, 3.8) is 0 Å². The molecule has 98 valence electrons. The van der Waals surface area contributed by atoms with Gasteiger partial charge in [0, 0.05) is 6.04 Å². The predicted molar refractivity (Wildman–Crippen MR) is 74.0 cm³/mol. The van der Waals surface area contributed by atoms with Crippen LogP contribution in [0.5, 0.6) is 5.75 Å². The molecule has 2 nitrogen and oxygen atoms in total. The standard InChI is InChI=1S/C16H23NO/c1-11-15-9-12-5-6-13(18)10-14(12)16(11,2)7-4-8-17(15)3/h5-6,10-11,15,18H,4,7-9H2,1-3H3/t11-,15-,16+/m0/s1. The topological polar surface area (TPSA) is 23.5 Å². The first-order valence-corrected chi connectivity index (χ1v) is 7.05. The molecule has 1 saturated heterocycles. The monoisotopic (exact) mass is 245 g/mol. The molecule has 3 rings (SSSR count). The SMILES string of the molecule is C[C@H]1[C@@H]2Cc3ccc(O)cc3[C@]1(C)CCCN2C. The number of hydrogen-bond acceptors (Lipinski definition) is 2. The normalized spacial score (nSPS) is 35.9. The number of likely N-dealkylation sites (N-methyl/N-ethyl adjacent to an activating group) is 1. The fourth-order valence-electron chi connectivity index (χ4n) is 4.11. The van der Waals surface area contributed by atoms with Crippen LogP contribution in [0.15, 0.2) is 18.2 Å². The van der Waals surface area contributed by atoms with E-state index in [9.17, 15) is 5.11 Å². The summed E-state index contributed by atoms with van der Waals surface area (Å²) in [5.74, 6) is 1.07. The van der Waals surface area contributed by atoms with Gasteiger partial charge in [0.25, 0.3) is 0 Å². The lowest BCUT2D eigenvalue weighted by atomic mass is 9.61. The molecule has 1 aliphatic heterocycles. The van der Waals surface area contributed by atoms with Gasteiger partial charge in [-0.2, -0.15) is 0 Å². The van der Waals surface area contributed by atoms with E-state index in [0.717, 1.165) is 6.42 Å². The van der Waals surface area contributed by atoms with E-state index in [2.05, 4.69) is 31.9 Å². The van der Waals surface area contributed by atoms with Gasteiger partial charge in [0.05, 0.1) is 0 Å². The molecule has 0 spiro atoms. The summed E-state index contributed by atoms with van der Waals surface area (Å²) in [6.07, 6.45) is 3.61. The summed E-state index contributed by atoms with van der Waals surface area (Å²) in [5, 5.41) is 9.80. The molecule has 0 radical (unpaired) electrons. The van der Waals surface area contributed by atoms with Crippen LogP contribution < -0.4 is 0 Å². The van der Waals surface area contributed by atoms with E-state index in [1.54, 1.807) is 0 Å². The van der Waals surface area contributed by atoms with Crippen LogP contribution >= 0.6 is 0 Å². The van der Waals surface area contributed by atoms with Crippen LogP contribution in [0.1, 0.15) is 37.8 Å². The van der Waals surface area contributed by atoms with Crippen LogP contribution in [0, 0.1) is 5.92 Å². The van der Waals surface area contributed by atoms with Gasteiger partial charge in [-0.05, 0) is 67.4 Å². The van der Waals surface area contributed by atoms with Gasteiger partial charge in [-0.15, -0.1) is 0 Å². The first-order valence-electron chi connectivity index (χ1n) is 7.05. The molecule has 0 unspecified atom stereocenters. The van der Waals surface area contributed by atoms with Gasteiger partial charge in [0.2, 0.25) is 0 Å². The van der Waals surface area contributed by atoms with Gasteiger partial charge >= 0.3 is 0 Å². The molecule has 3 atom stereocenters. The maximum atomic E-state index is 9.80. The molecule has 1 N–H and O–H groups in total. The Labute approximate surface area is 110 Å². The highest BCUT2D eigenvalue weighted by Gasteiger charge is 2.45. The highest BCUT2D eigenvalue weighted by atomic mass is 16.3. The Morgan fingerprint density at radius 1 is 1.39 bits per heavy atom. The Bertz CT molecular complexity index is 470. The Kier molecular flexibility index (Phi) is 2.67. The third kappa shape index (κ3) is 1.58. The van der Waals surface area contributed by atoms with Gasteiger partial charge in [-0.1, -0.05) is 19.9 Å². The number of phenolic OH excluding ortho intramolecular Hbond substituents is 1. The van der Waals surface area contributed by atoms with Crippen molar-refractivity contribution in [1.29, 1.82) is 0 Å². The van der Waals surface area contributed by atoms with Crippen LogP contribution in [0.25, 0.3) is 0 Å². The van der Waals surface area contributed by atoms with E-state index in [1.807, 2.05) is 12.1 Å². The Morgan fingerprint density at radius 2 is 2.17 bits per heavy atom. The van der Waals surface area contributed by atoms with E-state index < -0.39 is 0 Å². The second kappa shape index (κ2) is 3.99. The van der Waals surface area contributed by atoms with Crippen LogP contribution in [0.2, 0.25) is 0 Å². The quantitative estimate of drug-likeness (QED) is 0.759. The lowest BCUT2D eigenvalue weighted by Gasteiger charge is -2.46. The van der Waals surface area contributed by atoms with Crippen molar-refractivity contribution in [1.82, 2.24) is 4.90 Å². The molecular formula is C16H23NO. The average Bonchev–Trinajstić information content (AvgIpc) is 2.41. The van der Waals surface area contributed by atoms with E-state index >= 15 is 0 Å². The van der Waals surface area contributed by atoms with Crippen LogP contribution in [0.4, 0.5) is 0 Å². The summed E-state index contributed by atoms with van der Waals surface area (Å²) in [5.41, 5.74) is 3.05. The maximum absolute atomic E-state index is 9.80. The summed E-state index contributed by atoms with van der Waals surface area (Å²) in [6, 6.07) is 6.62. The zero-order valence-electron chi connectivity index (χ0n) is 11.6. The number of rotatable bonds is 0. The molecule has 2 aliphatic rings. The summed E-state index contributed by atoms with van der Waals surface area (Å²) < 4.78 is 0. The minimum atomic E-state index is 0.224. The summed E-state index contributed by atoms with van der Waals surface area (Å²) in [7, 11) is 2.26. The number of benzene rings is 1. The first-order chi connectivity index (χ1) is 8.52. The Morgan fingerprint density at radius 3 is 2.94 bits per heavy atom. The molecule has 1 fully saturated rings. The molecule has 1 aromatic rings. The molecule has 0 amide bonds. The lowest BCUT2D eigenvalue weighted by molar-refractivity contribution is 0.143. The third-order valence-corrected chi connectivity index (χ3v) is 5.49. The van der Waals surface area contributed by atoms with E-state index in [4.69, 9.17) is 0 Å². The molecule has 1 aliphatic carbocycles. The Balaban J connectivity index is 2.16. The minimum absolute atomic E-state index is 0.224. The van der Waals surface area contributed by atoms with Crippen LogP contribution in [-0.2, 0) is 11.8 Å². The first kappa shape index (κ1) is 12.0. The second-order valence-corrected chi connectivity index (χ2v) is 6.40. The van der Waals surface area contributed by atoms with Crippen LogP contribution in [0.3, 0.4) is 0 Å². The number of fused-ring (bicyclic) bond motifs is 4.